The Labute approximate surface area is 106 Å². The van der Waals surface area contributed by atoms with Crippen LogP contribution in [-0.2, 0) is 11.2 Å². The van der Waals surface area contributed by atoms with Gasteiger partial charge in [-0.05, 0) is 12.8 Å². The zero-order chi connectivity index (χ0) is 14.6. The molecule has 0 aliphatic heterocycles. The summed E-state index contributed by atoms with van der Waals surface area (Å²) in [6.45, 7) is 3.43. The smallest absolute Gasteiger partial charge is 0.200 e. The van der Waals surface area contributed by atoms with Crippen molar-refractivity contribution in [1.29, 1.82) is 0 Å². The number of Topliss-reactive ketones (excluding diaryl/α,β-unsaturated/α-hetero) is 1. The minimum Gasteiger partial charge on any atom is -0.299 e. The first kappa shape index (κ1) is 15.3. The molecule has 0 saturated carbocycles. The standard InChI is InChI=1S/C13H11F5O/c1-2-3-4-5-7(19)6-8-9(14)11(16)13(18)12(17)10(8)15/h2H,1,3-6H2. The van der Waals surface area contributed by atoms with Gasteiger partial charge in [-0.3, -0.25) is 4.79 Å². The molecule has 0 radical (unpaired) electrons. The summed E-state index contributed by atoms with van der Waals surface area (Å²) in [6, 6.07) is 0. The van der Waals surface area contributed by atoms with Crippen LogP contribution < -0.4 is 0 Å². The second-order valence-electron chi connectivity index (χ2n) is 3.94. The predicted molar refractivity (Wildman–Crippen MR) is 59.0 cm³/mol. The molecule has 0 unspecified atom stereocenters. The quantitative estimate of drug-likeness (QED) is 0.254. The van der Waals surface area contributed by atoms with Gasteiger partial charge in [0.2, 0.25) is 5.82 Å². The Balaban J connectivity index is 2.95. The van der Waals surface area contributed by atoms with Crippen molar-refractivity contribution in [2.75, 3.05) is 0 Å². The van der Waals surface area contributed by atoms with E-state index in [1.54, 1.807) is 6.08 Å². The van der Waals surface area contributed by atoms with E-state index in [1.807, 2.05) is 0 Å². The van der Waals surface area contributed by atoms with E-state index in [0.29, 0.717) is 12.8 Å². The largest absolute Gasteiger partial charge is 0.299 e. The third-order valence-electron chi connectivity index (χ3n) is 2.54. The van der Waals surface area contributed by atoms with Gasteiger partial charge in [0.05, 0.1) is 0 Å². The molecule has 1 aromatic carbocycles. The number of halogens is 5. The van der Waals surface area contributed by atoms with Crippen molar-refractivity contribution in [2.45, 2.75) is 25.7 Å². The molecule has 0 amide bonds. The van der Waals surface area contributed by atoms with Gasteiger partial charge in [0.25, 0.3) is 0 Å². The molecule has 0 spiro atoms. The number of hydrogen-bond acceptors (Lipinski definition) is 1. The van der Waals surface area contributed by atoms with Crippen molar-refractivity contribution >= 4 is 5.78 Å². The summed E-state index contributed by atoms with van der Waals surface area (Å²) >= 11 is 0. The van der Waals surface area contributed by atoms with Gasteiger partial charge in [-0.25, -0.2) is 22.0 Å². The van der Waals surface area contributed by atoms with Crippen molar-refractivity contribution in [3.8, 4) is 0 Å². The molecule has 0 N–H and O–H groups in total. The molecule has 0 saturated heterocycles. The monoisotopic (exact) mass is 278 g/mol. The molecule has 1 aromatic rings. The minimum absolute atomic E-state index is 0.00842. The first-order valence-electron chi connectivity index (χ1n) is 5.53. The summed E-state index contributed by atoms with van der Waals surface area (Å²) < 4.78 is 65.0. The lowest BCUT2D eigenvalue weighted by molar-refractivity contribution is -0.118. The first-order valence-corrected chi connectivity index (χ1v) is 5.53. The third-order valence-corrected chi connectivity index (χ3v) is 2.54. The number of unbranched alkanes of at least 4 members (excludes halogenated alkanes) is 1. The predicted octanol–water partition coefficient (Wildman–Crippen LogP) is 3.85. The van der Waals surface area contributed by atoms with Crippen LogP contribution in [0, 0.1) is 29.1 Å². The van der Waals surface area contributed by atoms with Crippen LogP contribution in [0.1, 0.15) is 24.8 Å². The van der Waals surface area contributed by atoms with Crippen LogP contribution in [-0.4, -0.2) is 5.78 Å². The van der Waals surface area contributed by atoms with Crippen LogP contribution in [0.5, 0.6) is 0 Å². The summed E-state index contributed by atoms with van der Waals surface area (Å²) in [5.74, 6) is -10.8. The molecule has 104 valence electrons. The maximum atomic E-state index is 13.3. The van der Waals surface area contributed by atoms with Crippen molar-refractivity contribution in [3.63, 3.8) is 0 Å². The number of carbonyl (C=O) groups excluding carboxylic acids is 1. The molecule has 0 atom stereocenters. The lowest BCUT2D eigenvalue weighted by Gasteiger charge is -2.07. The van der Waals surface area contributed by atoms with E-state index in [9.17, 15) is 26.7 Å². The van der Waals surface area contributed by atoms with Gasteiger partial charge >= 0.3 is 0 Å². The van der Waals surface area contributed by atoms with Crippen LogP contribution >= 0.6 is 0 Å². The fourth-order valence-electron chi connectivity index (χ4n) is 1.53. The summed E-state index contributed by atoms with van der Waals surface area (Å²) in [7, 11) is 0. The second-order valence-corrected chi connectivity index (χ2v) is 3.94. The van der Waals surface area contributed by atoms with Crippen LogP contribution in [0.4, 0.5) is 22.0 Å². The van der Waals surface area contributed by atoms with Crippen LogP contribution in [0.15, 0.2) is 12.7 Å². The van der Waals surface area contributed by atoms with Crippen molar-refractivity contribution in [1.82, 2.24) is 0 Å². The number of benzene rings is 1. The van der Waals surface area contributed by atoms with Gasteiger partial charge in [0, 0.05) is 18.4 Å². The zero-order valence-corrected chi connectivity index (χ0v) is 9.91. The maximum Gasteiger partial charge on any atom is 0.200 e. The van der Waals surface area contributed by atoms with Crippen LogP contribution in [0.3, 0.4) is 0 Å². The SMILES string of the molecule is C=CCCCC(=O)Cc1c(F)c(F)c(F)c(F)c1F. The van der Waals surface area contributed by atoms with E-state index in [0.717, 1.165) is 0 Å². The van der Waals surface area contributed by atoms with Gasteiger partial charge in [0.15, 0.2) is 23.3 Å². The van der Waals surface area contributed by atoms with E-state index >= 15 is 0 Å². The summed E-state index contributed by atoms with van der Waals surface area (Å²) in [6.07, 6.45) is 1.68. The van der Waals surface area contributed by atoms with Crippen molar-refractivity contribution < 1.29 is 26.7 Å². The Morgan fingerprint density at radius 2 is 1.42 bits per heavy atom. The molecule has 0 aliphatic rings. The normalized spacial score (nSPS) is 10.6. The molecule has 0 bridgehead atoms. The topological polar surface area (TPSA) is 17.1 Å². The van der Waals surface area contributed by atoms with Crippen molar-refractivity contribution in [2.24, 2.45) is 0 Å². The Kier molecular flexibility index (Phi) is 5.20. The number of rotatable bonds is 6. The highest BCUT2D eigenvalue weighted by Gasteiger charge is 2.26. The average Bonchev–Trinajstić information content (AvgIpc) is 2.39. The average molecular weight is 278 g/mol. The molecule has 0 heterocycles. The Hall–Kier alpha value is -1.72. The number of carbonyl (C=O) groups is 1. The third kappa shape index (κ3) is 3.39. The van der Waals surface area contributed by atoms with Crippen molar-refractivity contribution in [3.05, 3.63) is 47.3 Å². The summed E-state index contributed by atoms with van der Waals surface area (Å²) in [4.78, 5) is 11.4. The molecule has 0 fully saturated rings. The molecule has 0 aliphatic carbocycles. The lowest BCUT2D eigenvalue weighted by Crippen LogP contribution is -2.12. The second kappa shape index (κ2) is 6.45. The van der Waals surface area contributed by atoms with Gasteiger partial charge < -0.3 is 0 Å². The summed E-state index contributed by atoms with van der Waals surface area (Å²) in [5.41, 5.74) is -1.08. The molecule has 6 heteroatoms. The first-order chi connectivity index (χ1) is 8.90. The highest BCUT2D eigenvalue weighted by molar-refractivity contribution is 5.80. The Morgan fingerprint density at radius 1 is 0.947 bits per heavy atom. The molecular formula is C13H11F5O. The molecule has 0 aromatic heterocycles. The molecular weight excluding hydrogens is 267 g/mol. The molecule has 1 nitrogen and oxygen atoms in total. The van der Waals surface area contributed by atoms with Gasteiger partial charge in [0.1, 0.15) is 5.78 Å². The fraction of sp³-hybridized carbons (Fsp3) is 0.308. The maximum absolute atomic E-state index is 13.3. The van der Waals surface area contributed by atoms with Gasteiger partial charge in [-0.2, -0.15) is 0 Å². The van der Waals surface area contributed by atoms with E-state index in [4.69, 9.17) is 0 Å². The Morgan fingerprint density at radius 3 is 1.89 bits per heavy atom. The highest BCUT2D eigenvalue weighted by atomic mass is 19.2. The number of allylic oxidation sites excluding steroid dienone is 1. The molecule has 19 heavy (non-hydrogen) atoms. The molecule has 1 rings (SSSR count). The number of hydrogen-bond donors (Lipinski definition) is 0. The van der Waals surface area contributed by atoms with E-state index in [1.165, 1.54) is 0 Å². The van der Waals surface area contributed by atoms with E-state index < -0.39 is 46.9 Å². The van der Waals surface area contributed by atoms with Crippen LogP contribution in [0.25, 0.3) is 0 Å². The lowest BCUT2D eigenvalue weighted by atomic mass is 10.0. The van der Waals surface area contributed by atoms with Gasteiger partial charge in [-0.1, -0.05) is 6.08 Å². The number of ketones is 1. The van der Waals surface area contributed by atoms with E-state index in [-0.39, 0.29) is 6.42 Å². The van der Waals surface area contributed by atoms with E-state index in [2.05, 4.69) is 6.58 Å². The van der Waals surface area contributed by atoms with Crippen LogP contribution in [0.2, 0.25) is 0 Å². The zero-order valence-electron chi connectivity index (χ0n) is 9.91. The fourth-order valence-corrected chi connectivity index (χ4v) is 1.53. The Bertz CT molecular complexity index is 481. The van der Waals surface area contributed by atoms with Gasteiger partial charge in [-0.15, -0.1) is 6.58 Å². The highest BCUT2D eigenvalue weighted by Crippen LogP contribution is 2.23. The minimum atomic E-state index is -2.22. The summed E-state index contributed by atoms with van der Waals surface area (Å²) in [5, 5.41) is 0.